The predicted molar refractivity (Wildman–Crippen MR) is 154 cm³/mol. The number of nitrogens with zero attached hydrogens (tertiary/aromatic N) is 1. The monoisotopic (exact) mass is 551 g/mol. The summed E-state index contributed by atoms with van der Waals surface area (Å²) >= 11 is 0. The van der Waals surface area contributed by atoms with Crippen molar-refractivity contribution in [2.45, 2.75) is 108 Å². The summed E-state index contributed by atoms with van der Waals surface area (Å²) in [5, 5.41) is 4.51. The van der Waals surface area contributed by atoms with Crippen molar-refractivity contribution in [3.63, 3.8) is 0 Å². The van der Waals surface area contributed by atoms with Crippen LogP contribution in [0.3, 0.4) is 0 Å². The highest BCUT2D eigenvalue weighted by atomic mass is 32.2. The van der Waals surface area contributed by atoms with Crippen LogP contribution in [0, 0.1) is 5.92 Å². The Kier molecular flexibility index (Phi) is 8.15. The number of amides is 1. The summed E-state index contributed by atoms with van der Waals surface area (Å²) in [6.45, 7) is 5.48. The minimum absolute atomic E-state index is 0.0940. The standard InChI is InChI=1S/C31H41N3O4S/c1-31(2,3)34-39(36,37)27-19-18-25(23-16-10-11-17-24(23)27)28-26(20-21-12-6-4-7-13-21)33-30(38-28)29(35)32-22-14-8-5-9-15-22/h10-11,16-19,21-22,34H,4-9,12-15,20H2,1-3H3,(H,32,35). The first kappa shape index (κ1) is 27.8. The van der Waals surface area contributed by atoms with Crippen LogP contribution in [0.5, 0.6) is 0 Å². The van der Waals surface area contributed by atoms with E-state index >= 15 is 0 Å². The Hall–Kier alpha value is -2.71. The number of aromatic nitrogens is 1. The quantitative estimate of drug-likeness (QED) is 0.338. The second kappa shape index (κ2) is 11.4. The molecule has 2 aliphatic carbocycles. The molecular formula is C31H41N3O4S. The summed E-state index contributed by atoms with van der Waals surface area (Å²) in [4.78, 5) is 18.2. The lowest BCUT2D eigenvalue weighted by Gasteiger charge is -2.22. The van der Waals surface area contributed by atoms with Crippen LogP contribution in [-0.4, -0.2) is 30.9 Å². The number of benzene rings is 2. The van der Waals surface area contributed by atoms with E-state index in [4.69, 9.17) is 9.40 Å². The summed E-state index contributed by atoms with van der Waals surface area (Å²) in [7, 11) is -3.76. The highest BCUT2D eigenvalue weighted by Gasteiger charge is 2.29. The lowest BCUT2D eigenvalue weighted by atomic mass is 9.85. The Labute approximate surface area is 232 Å². The molecule has 0 saturated heterocycles. The largest absolute Gasteiger partial charge is 0.432 e. The highest BCUT2D eigenvalue weighted by Crippen LogP contribution is 2.37. The van der Waals surface area contributed by atoms with Crippen LogP contribution in [0.1, 0.15) is 101 Å². The summed E-state index contributed by atoms with van der Waals surface area (Å²) in [5.41, 5.74) is 0.928. The molecule has 2 saturated carbocycles. The van der Waals surface area contributed by atoms with Crippen LogP contribution in [0.2, 0.25) is 0 Å². The van der Waals surface area contributed by atoms with Crippen molar-refractivity contribution in [2.75, 3.05) is 0 Å². The molecule has 2 aromatic carbocycles. The fraction of sp³-hybridized carbons (Fsp3) is 0.548. The highest BCUT2D eigenvalue weighted by molar-refractivity contribution is 7.89. The molecule has 0 unspecified atom stereocenters. The van der Waals surface area contributed by atoms with Gasteiger partial charge in [-0.15, -0.1) is 0 Å². The first-order chi connectivity index (χ1) is 18.6. The topological polar surface area (TPSA) is 101 Å². The second-order valence-corrected chi connectivity index (χ2v) is 14.0. The molecule has 5 rings (SSSR count). The van der Waals surface area contributed by atoms with Gasteiger partial charge in [-0.25, -0.2) is 18.1 Å². The van der Waals surface area contributed by atoms with Crippen molar-refractivity contribution in [1.29, 1.82) is 0 Å². The molecule has 3 aromatic rings. The fourth-order valence-electron chi connectivity index (χ4n) is 6.12. The first-order valence-electron chi connectivity index (χ1n) is 14.5. The fourth-order valence-corrected chi connectivity index (χ4v) is 7.75. The van der Waals surface area contributed by atoms with Gasteiger partial charge in [-0.3, -0.25) is 4.79 Å². The number of sulfonamides is 1. The number of rotatable bonds is 7. The second-order valence-electron chi connectivity index (χ2n) is 12.3. The molecule has 7 nitrogen and oxygen atoms in total. The Bertz CT molecular complexity index is 1430. The Morgan fingerprint density at radius 3 is 2.23 bits per heavy atom. The summed E-state index contributed by atoms with van der Waals surface area (Å²) < 4.78 is 35.7. The smallest absolute Gasteiger partial charge is 0.307 e. The maximum absolute atomic E-state index is 13.3. The third kappa shape index (κ3) is 6.55. The molecule has 0 atom stereocenters. The van der Waals surface area contributed by atoms with Gasteiger partial charge >= 0.3 is 5.91 Å². The van der Waals surface area contributed by atoms with Gasteiger partial charge in [0.2, 0.25) is 10.0 Å². The van der Waals surface area contributed by atoms with E-state index in [1.807, 2.05) is 45.0 Å². The van der Waals surface area contributed by atoms with Crippen molar-refractivity contribution in [2.24, 2.45) is 5.92 Å². The van der Waals surface area contributed by atoms with Gasteiger partial charge in [0.15, 0.2) is 5.76 Å². The normalized spacial score (nSPS) is 17.9. The number of carbonyl (C=O) groups is 1. The molecule has 2 fully saturated rings. The van der Waals surface area contributed by atoms with Crippen molar-refractivity contribution in [3.05, 3.63) is 48.0 Å². The van der Waals surface area contributed by atoms with Gasteiger partial charge in [-0.1, -0.05) is 75.6 Å². The molecule has 0 aliphatic heterocycles. The van der Waals surface area contributed by atoms with E-state index in [2.05, 4.69) is 10.0 Å². The molecule has 0 spiro atoms. The van der Waals surface area contributed by atoms with Crippen LogP contribution in [0.4, 0.5) is 0 Å². The third-order valence-electron chi connectivity index (χ3n) is 7.90. The number of fused-ring (bicyclic) bond motifs is 1. The lowest BCUT2D eigenvalue weighted by Crippen LogP contribution is -2.40. The summed E-state index contributed by atoms with van der Waals surface area (Å²) in [6.07, 6.45) is 12.2. The van der Waals surface area contributed by atoms with Crippen molar-refractivity contribution < 1.29 is 17.6 Å². The summed E-state index contributed by atoms with van der Waals surface area (Å²) in [6, 6.07) is 11.1. The van der Waals surface area contributed by atoms with Crippen molar-refractivity contribution in [3.8, 4) is 11.3 Å². The zero-order valence-corrected chi connectivity index (χ0v) is 24.2. The predicted octanol–water partition coefficient (Wildman–Crippen LogP) is 6.76. The minimum Gasteiger partial charge on any atom is -0.432 e. The van der Waals surface area contributed by atoms with Gasteiger partial charge in [-0.2, -0.15) is 0 Å². The molecule has 2 aliphatic rings. The molecule has 1 amide bonds. The molecule has 1 heterocycles. The van der Waals surface area contributed by atoms with Gasteiger partial charge in [-0.05, 0) is 63.5 Å². The van der Waals surface area contributed by atoms with E-state index < -0.39 is 15.6 Å². The van der Waals surface area contributed by atoms with E-state index in [9.17, 15) is 13.2 Å². The van der Waals surface area contributed by atoms with Gasteiger partial charge in [0.05, 0.1) is 10.6 Å². The van der Waals surface area contributed by atoms with Crippen molar-refractivity contribution >= 4 is 26.7 Å². The minimum atomic E-state index is -3.76. The Morgan fingerprint density at radius 1 is 0.923 bits per heavy atom. The molecule has 2 N–H and O–H groups in total. The van der Waals surface area contributed by atoms with Crippen LogP contribution >= 0.6 is 0 Å². The maximum Gasteiger partial charge on any atom is 0.307 e. The number of carbonyl (C=O) groups excluding carboxylic acids is 1. The van der Waals surface area contributed by atoms with E-state index in [0.29, 0.717) is 17.1 Å². The van der Waals surface area contributed by atoms with E-state index in [1.54, 1.807) is 12.1 Å². The van der Waals surface area contributed by atoms with Crippen LogP contribution in [0.25, 0.3) is 22.1 Å². The molecular weight excluding hydrogens is 510 g/mol. The summed E-state index contributed by atoms with van der Waals surface area (Å²) in [5.74, 6) is 0.893. The van der Waals surface area contributed by atoms with Gasteiger partial charge < -0.3 is 9.73 Å². The maximum atomic E-state index is 13.3. The van der Waals surface area contributed by atoms with E-state index in [-0.39, 0.29) is 22.7 Å². The van der Waals surface area contributed by atoms with E-state index in [1.165, 1.54) is 25.7 Å². The molecule has 8 heteroatoms. The van der Waals surface area contributed by atoms with Crippen LogP contribution < -0.4 is 10.0 Å². The molecule has 0 radical (unpaired) electrons. The number of nitrogens with one attached hydrogen (secondary N) is 2. The molecule has 39 heavy (non-hydrogen) atoms. The van der Waals surface area contributed by atoms with Gasteiger partial charge in [0.25, 0.3) is 5.89 Å². The Morgan fingerprint density at radius 2 is 1.56 bits per heavy atom. The Balaban J connectivity index is 1.56. The number of hydrogen-bond donors (Lipinski definition) is 2. The third-order valence-corrected chi connectivity index (χ3v) is 9.71. The number of oxazole rings is 1. The molecule has 1 aromatic heterocycles. The average Bonchev–Trinajstić information content (AvgIpc) is 3.31. The average molecular weight is 552 g/mol. The lowest BCUT2D eigenvalue weighted by molar-refractivity contribution is 0.0893. The van der Waals surface area contributed by atoms with Crippen molar-refractivity contribution in [1.82, 2.24) is 15.0 Å². The zero-order valence-electron chi connectivity index (χ0n) is 23.4. The van der Waals surface area contributed by atoms with Gasteiger partial charge in [0, 0.05) is 22.5 Å². The van der Waals surface area contributed by atoms with Crippen LogP contribution in [-0.2, 0) is 16.4 Å². The van der Waals surface area contributed by atoms with Crippen LogP contribution in [0.15, 0.2) is 45.7 Å². The van der Waals surface area contributed by atoms with E-state index in [0.717, 1.165) is 61.6 Å². The molecule has 0 bridgehead atoms. The first-order valence-corrected chi connectivity index (χ1v) is 16.0. The zero-order chi connectivity index (χ0) is 27.6. The number of hydrogen-bond acceptors (Lipinski definition) is 5. The SMILES string of the molecule is CC(C)(C)NS(=O)(=O)c1ccc(-c2oc(C(=O)NC3CCCCC3)nc2CC2CCCCC2)c2ccccc12. The molecule has 210 valence electrons. The van der Waals surface area contributed by atoms with Gasteiger partial charge in [0.1, 0.15) is 0 Å².